The Balaban J connectivity index is 2.14. The highest BCUT2D eigenvalue weighted by molar-refractivity contribution is 9.10. The first-order valence-corrected chi connectivity index (χ1v) is 8.80. The van der Waals surface area contributed by atoms with Gasteiger partial charge in [0.1, 0.15) is 5.75 Å². The number of benzene rings is 2. The zero-order chi connectivity index (χ0) is 19.4. The summed E-state index contributed by atoms with van der Waals surface area (Å²) < 4.78 is 6.02. The Hall–Kier alpha value is -2.16. The van der Waals surface area contributed by atoms with Crippen molar-refractivity contribution in [1.29, 1.82) is 0 Å². The molecular formula is C17H14BrClN2O4S. The number of carboxylic acids is 1. The van der Waals surface area contributed by atoms with Gasteiger partial charge in [-0.25, -0.2) is 4.79 Å². The van der Waals surface area contributed by atoms with Crippen LogP contribution in [0.25, 0.3) is 0 Å². The van der Waals surface area contributed by atoms with Gasteiger partial charge in [-0.2, -0.15) is 0 Å². The summed E-state index contributed by atoms with van der Waals surface area (Å²) >= 11 is 14.4. The lowest BCUT2D eigenvalue weighted by atomic mass is 10.1. The molecule has 2 aromatic rings. The SMILES string of the molecule is COc1c(C)cc(Br)cc1C(=O)NC(=S)Nc1ccc(C(=O)O)c(Cl)c1. The summed E-state index contributed by atoms with van der Waals surface area (Å²) in [6, 6.07) is 7.71. The summed E-state index contributed by atoms with van der Waals surface area (Å²) in [6.45, 7) is 1.82. The highest BCUT2D eigenvalue weighted by Crippen LogP contribution is 2.28. The number of thiocarbonyl (C=S) groups is 1. The molecule has 0 heterocycles. The quantitative estimate of drug-likeness (QED) is 0.595. The summed E-state index contributed by atoms with van der Waals surface area (Å²) in [5.74, 6) is -1.13. The minimum absolute atomic E-state index is 0.0264. The summed E-state index contributed by atoms with van der Waals surface area (Å²) in [4.78, 5) is 23.5. The molecule has 0 fully saturated rings. The topological polar surface area (TPSA) is 87.7 Å². The van der Waals surface area contributed by atoms with Gasteiger partial charge >= 0.3 is 5.97 Å². The molecule has 0 unspecified atom stereocenters. The van der Waals surface area contributed by atoms with Crippen molar-refractivity contribution in [1.82, 2.24) is 5.32 Å². The van der Waals surface area contributed by atoms with Gasteiger partial charge in [0.25, 0.3) is 5.91 Å². The van der Waals surface area contributed by atoms with E-state index in [-0.39, 0.29) is 15.7 Å². The number of anilines is 1. The molecule has 0 atom stereocenters. The predicted octanol–water partition coefficient (Wildman–Crippen LogP) is 4.24. The van der Waals surface area contributed by atoms with Crippen molar-refractivity contribution in [3.63, 3.8) is 0 Å². The van der Waals surface area contributed by atoms with Gasteiger partial charge in [-0.3, -0.25) is 10.1 Å². The minimum Gasteiger partial charge on any atom is -0.496 e. The molecule has 3 N–H and O–H groups in total. The second kappa shape index (κ2) is 8.48. The number of nitrogens with one attached hydrogen (secondary N) is 2. The fraction of sp³-hybridized carbons (Fsp3) is 0.118. The average Bonchev–Trinajstić information content (AvgIpc) is 2.53. The van der Waals surface area contributed by atoms with Crippen LogP contribution in [0.15, 0.2) is 34.8 Å². The summed E-state index contributed by atoms with van der Waals surface area (Å²) in [7, 11) is 1.48. The second-order valence-electron chi connectivity index (χ2n) is 5.21. The molecule has 0 aliphatic heterocycles. The Morgan fingerprint density at radius 3 is 2.50 bits per heavy atom. The number of aromatic carboxylic acids is 1. The Morgan fingerprint density at radius 1 is 1.23 bits per heavy atom. The molecule has 0 bridgehead atoms. The van der Waals surface area contributed by atoms with E-state index in [4.69, 9.17) is 33.7 Å². The van der Waals surface area contributed by atoms with Crippen LogP contribution in [0, 0.1) is 6.92 Å². The van der Waals surface area contributed by atoms with E-state index < -0.39 is 11.9 Å². The van der Waals surface area contributed by atoms with E-state index >= 15 is 0 Å². The molecule has 9 heteroatoms. The van der Waals surface area contributed by atoms with E-state index in [0.29, 0.717) is 17.0 Å². The molecule has 1 amide bonds. The Labute approximate surface area is 168 Å². The van der Waals surface area contributed by atoms with Crippen molar-refractivity contribution in [3.05, 3.63) is 56.5 Å². The number of hydrogen-bond donors (Lipinski definition) is 3. The van der Waals surface area contributed by atoms with Gasteiger partial charge in [0.2, 0.25) is 0 Å². The second-order valence-corrected chi connectivity index (χ2v) is 6.94. The van der Waals surface area contributed by atoms with Gasteiger partial charge in [-0.1, -0.05) is 27.5 Å². The van der Waals surface area contributed by atoms with Crippen LogP contribution >= 0.6 is 39.7 Å². The van der Waals surface area contributed by atoms with Crippen molar-refractivity contribution < 1.29 is 19.4 Å². The van der Waals surface area contributed by atoms with E-state index in [1.54, 1.807) is 6.07 Å². The zero-order valence-corrected chi connectivity index (χ0v) is 16.9. The lowest BCUT2D eigenvalue weighted by molar-refractivity contribution is 0.0697. The smallest absolute Gasteiger partial charge is 0.337 e. The number of ether oxygens (including phenoxy) is 1. The number of rotatable bonds is 4. The van der Waals surface area contributed by atoms with Gasteiger partial charge < -0.3 is 15.2 Å². The Bertz CT molecular complexity index is 905. The van der Waals surface area contributed by atoms with E-state index in [1.165, 1.54) is 25.3 Å². The summed E-state index contributed by atoms with van der Waals surface area (Å²) in [6.07, 6.45) is 0. The van der Waals surface area contributed by atoms with Crippen molar-refractivity contribution in [3.8, 4) is 5.75 Å². The number of hydrogen-bond acceptors (Lipinski definition) is 4. The fourth-order valence-corrected chi connectivity index (χ4v) is 3.31. The lowest BCUT2D eigenvalue weighted by Crippen LogP contribution is -2.34. The van der Waals surface area contributed by atoms with E-state index in [0.717, 1.165) is 10.0 Å². The molecule has 0 spiro atoms. The molecule has 136 valence electrons. The van der Waals surface area contributed by atoms with E-state index in [1.807, 2.05) is 13.0 Å². The first-order valence-electron chi connectivity index (χ1n) is 7.22. The van der Waals surface area contributed by atoms with Crippen LogP contribution in [0.1, 0.15) is 26.3 Å². The van der Waals surface area contributed by atoms with Crippen molar-refractivity contribution >= 4 is 62.4 Å². The average molecular weight is 458 g/mol. The van der Waals surface area contributed by atoms with Crippen molar-refractivity contribution in [2.45, 2.75) is 6.92 Å². The van der Waals surface area contributed by atoms with Gasteiger partial charge in [-0.05, 0) is 55.0 Å². The molecule has 2 aromatic carbocycles. The van der Waals surface area contributed by atoms with Crippen LogP contribution in [0.2, 0.25) is 5.02 Å². The maximum atomic E-state index is 12.5. The Kier molecular flexibility index (Phi) is 6.57. The first kappa shape index (κ1) is 20.2. The maximum Gasteiger partial charge on any atom is 0.337 e. The minimum atomic E-state index is -1.13. The van der Waals surface area contributed by atoms with E-state index in [2.05, 4.69) is 26.6 Å². The molecular weight excluding hydrogens is 444 g/mol. The number of aryl methyl sites for hydroxylation is 1. The molecule has 6 nitrogen and oxygen atoms in total. The molecule has 0 radical (unpaired) electrons. The molecule has 0 saturated carbocycles. The van der Waals surface area contributed by atoms with Gasteiger partial charge in [0, 0.05) is 10.2 Å². The maximum absolute atomic E-state index is 12.5. The lowest BCUT2D eigenvalue weighted by Gasteiger charge is -2.14. The fourth-order valence-electron chi connectivity index (χ4n) is 2.27. The third kappa shape index (κ3) is 4.72. The standard InChI is InChI=1S/C17H14BrClN2O4S/c1-8-5-9(18)6-12(14(8)25-2)15(22)21-17(26)20-10-3-4-11(16(23)24)13(19)7-10/h3-7H,1-2H3,(H,23,24)(H2,20,21,22,26). The number of carboxylic acid groups (broad SMARTS) is 1. The Morgan fingerprint density at radius 2 is 1.92 bits per heavy atom. The van der Waals surface area contributed by atoms with Crippen LogP contribution in [-0.4, -0.2) is 29.2 Å². The summed E-state index contributed by atoms with van der Waals surface area (Å²) in [5.41, 5.74) is 1.54. The molecule has 26 heavy (non-hydrogen) atoms. The predicted molar refractivity (Wildman–Crippen MR) is 108 cm³/mol. The van der Waals surface area contributed by atoms with Gasteiger partial charge in [0.05, 0.1) is 23.3 Å². The van der Waals surface area contributed by atoms with Gasteiger partial charge in [0.15, 0.2) is 5.11 Å². The van der Waals surface area contributed by atoms with Crippen LogP contribution in [0.3, 0.4) is 0 Å². The highest BCUT2D eigenvalue weighted by atomic mass is 79.9. The third-order valence-corrected chi connectivity index (χ3v) is 4.35. The zero-order valence-electron chi connectivity index (χ0n) is 13.7. The number of methoxy groups -OCH3 is 1. The molecule has 0 aromatic heterocycles. The highest BCUT2D eigenvalue weighted by Gasteiger charge is 2.17. The van der Waals surface area contributed by atoms with Crippen LogP contribution < -0.4 is 15.4 Å². The third-order valence-electron chi connectivity index (χ3n) is 3.37. The number of halogens is 2. The number of carbonyl (C=O) groups excluding carboxylic acids is 1. The van der Waals surface area contributed by atoms with E-state index in [9.17, 15) is 9.59 Å². The molecule has 0 aliphatic carbocycles. The number of amides is 1. The monoisotopic (exact) mass is 456 g/mol. The largest absolute Gasteiger partial charge is 0.496 e. The molecule has 0 aliphatic rings. The van der Waals surface area contributed by atoms with Crippen LogP contribution in [-0.2, 0) is 0 Å². The molecule has 2 rings (SSSR count). The first-order chi connectivity index (χ1) is 12.2. The van der Waals surface area contributed by atoms with Gasteiger partial charge in [-0.15, -0.1) is 0 Å². The van der Waals surface area contributed by atoms with Crippen molar-refractivity contribution in [2.24, 2.45) is 0 Å². The normalized spacial score (nSPS) is 10.2. The number of carbonyl (C=O) groups is 2. The van der Waals surface area contributed by atoms with Crippen LogP contribution in [0.5, 0.6) is 5.75 Å². The summed E-state index contributed by atoms with van der Waals surface area (Å²) in [5, 5.41) is 14.4. The van der Waals surface area contributed by atoms with Crippen molar-refractivity contribution in [2.75, 3.05) is 12.4 Å². The van der Waals surface area contributed by atoms with Crippen LogP contribution in [0.4, 0.5) is 5.69 Å². The molecule has 0 saturated heterocycles.